The maximum Gasteiger partial charge on any atom is 0.241 e. The minimum Gasteiger partial charge on any atom is -0.491 e. The molecule has 0 fully saturated rings. The highest BCUT2D eigenvalue weighted by atomic mass is 35.5. The number of hydrogen-bond acceptors (Lipinski definition) is 4. The molecule has 24 heavy (non-hydrogen) atoms. The Morgan fingerprint density at radius 2 is 1.88 bits per heavy atom. The molecule has 2 N–H and O–H groups in total. The van der Waals surface area contributed by atoms with Gasteiger partial charge in [0.15, 0.2) is 0 Å². The molecule has 2 aromatic carbocycles. The lowest BCUT2D eigenvalue weighted by atomic mass is 10.2. The Morgan fingerprint density at radius 3 is 2.42 bits per heavy atom. The SMILES string of the molecule is CC(COc1ccc(C#N)cc1)N(C(=O)CN)c1ccc(Cl)cc1. The molecule has 0 saturated heterocycles. The minimum atomic E-state index is -0.224. The second-order valence-corrected chi connectivity index (χ2v) is 5.68. The predicted molar refractivity (Wildman–Crippen MR) is 94.1 cm³/mol. The molecule has 0 aliphatic heterocycles. The van der Waals surface area contributed by atoms with Gasteiger partial charge in [0, 0.05) is 10.7 Å². The van der Waals surface area contributed by atoms with Crippen molar-refractivity contribution in [1.29, 1.82) is 5.26 Å². The Balaban J connectivity index is 2.09. The van der Waals surface area contributed by atoms with Gasteiger partial charge in [-0.1, -0.05) is 11.6 Å². The van der Waals surface area contributed by atoms with Crippen molar-refractivity contribution < 1.29 is 9.53 Å². The zero-order chi connectivity index (χ0) is 17.5. The van der Waals surface area contributed by atoms with Crippen molar-refractivity contribution in [3.05, 3.63) is 59.1 Å². The first kappa shape index (κ1) is 17.8. The van der Waals surface area contributed by atoms with Gasteiger partial charge in [-0.25, -0.2) is 0 Å². The molecule has 2 aromatic rings. The second-order valence-electron chi connectivity index (χ2n) is 5.24. The van der Waals surface area contributed by atoms with Gasteiger partial charge in [0.2, 0.25) is 5.91 Å². The Labute approximate surface area is 146 Å². The molecule has 0 bridgehead atoms. The summed E-state index contributed by atoms with van der Waals surface area (Å²) in [6.45, 7) is 2.08. The quantitative estimate of drug-likeness (QED) is 0.874. The lowest BCUT2D eigenvalue weighted by Gasteiger charge is -2.29. The first-order chi connectivity index (χ1) is 11.5. The summed E-state index contributed by atoms with van der Waals surface area (Å²) in [5, 5.41) is 9.39. The number of benzene rings is 2. The molecule has 5 nitrogen and oxygen atoms in total. The average molecular weight is 344 g/mol. The third-order valence-corrected chi connectivity index (χ3v) is 3.72. The molecule has 0 aliphatic rings. The van der Waals surface area contributed by atoms with E-state index >= 15 is 0 Å². The van der Waals surface area contributed by atoms with E-state index in [0.717, 1.165) is 0 Å². The fraction of sp³-hybridized carbons (Fsp3) is 0.222. The van der Waals surface area contributed by atoms with Crippen LogP contribution in [0.5, 0.6) is 5.75 Å². The number of rotatable bonds is 6. The number of hydrogen-bond donors (Lipinski definition) is 1. The molecule has 6 heteroatoms. The van der Waals surface area contributed by atoms with Gasteiger partial charge in [-0.3, -0.25) is 4.79 Å². The maximum atomic E-state index is 12.2. The third kappa shape index (κ3) is 4.48. The van der Waals surface area contributed by atoms with Gasteiger partial charge in [0.1, 0.15) is 12.4 Å². The molecule has 1 atom stereocenters. The standard InChI is InChI=1S/C18H18ClN3O2/c1-13(12-24-17-8-2-14(10-20)3-9-17)22(18(23)11-21)16-6-4-15(19)5-7-16/h2-9,13H,11-12,21H2,1H3. The van der Waals surface area contributed by atoms with Crippen LogP contribution in [0, 0.1) is 11.3 Å². The number of carbonyl (C=O) groups is 1. The smallest absolute Gasteiger partial charge is 0.241 e. The summed E-state index contributed by atoms with van der Waals surface area (Å²) in [6, 6.07) is 15.6. The topological polar surface area (TPSA) is 79.3 Å². The molecule has 124 valence electrons. The van der Waals surface area contributed by atoms with E-state index in [2.05, 4.69) is 6.07 Å². The van der Waals surface area contributed by atoms with Gasteiger partial charge < -0.3 is 15.4 Å². The largest absolute Gasteiger partial charge is 0.491 e. The zero-order valence-electron chi connectivity index (χ0n) is 13.3. The second kappa shape index (κ2) is 8.34. The van der Waals surface area contributed by atoms with E-state index in [1.807, 2.05) is 6.92 Å². The summed E-state index contributed by atoms with van der Waals surface area (Å²) in [5.74, 6) is 0.436. The molecule has 0 saturated carbocycles. The van der Waals surface area contributed by atoms with Crippen molar-refractivity contribution in [2.75, 3.05) is 18.1 Å². The average Bonchev–Trinajstić information content (AvgIpc) is 2.62. The summed E-state index contributed by atoms with van der Waals surface area (Å²) in [4.78, 5) is 13.8. The number of nitrogens with zero attached hydrogens (tertiary/aromatic N) is 2. The monoisotopic (exact) mass is 343 g/mol. The summed E-state index contributed by atoms with van der Waals surface area (Å²) in [5.41, 5.74) is 6.81. The van der Waals surface area contributed by atoms with E-state index in [4.69, 9.17) is 27.3 Å². The molecule has 0 aromatic heterocycles. The number of ether oxygens (including phenoxy) is 1. The number of nitriles is 1. The molecular weight excluding hydrogens is 326 g/mol. The lowest BCUT2D eigenvalue weighted by Crippen LogP contribution is -2.45. The maximum absolute atomic E-state index is 12.2. The molecule has 1 unspecified atom stereocenters. The lowest BCUT2D eigenvalue weighted by molar-refractivity contribution is -0.117. The Kier molecular flexibility index (Phi) is 6.19. The molecular formula is C18H18ClN3O2. The summed E-state index contributed by atoms with van der Waals surface area (Å²) < 4.78 is 5.72. The molecule has 0 radical (unpaired) electrons. The van der Waals surface area contributed by atoms with Gasteiger partial charge in [-0.2, -0.15) is 5.26 Å². The first-order valence-electron chi connectivity index (χ1n) is 7.46. The van der Waals surface area contributed by atoms with Crippen LogP contribution in [0.1, 0.15) is 12.5 Å². The van der Waals surface area contributed by atoms with Crippen LogP contribution in [0.4, 0.5) is 5.69 Å². The Hall–Kier alpha value is -2.55. The van der Waals surface area contributed by atoms with Crippen molar-refractivity contribution >= 4 is 23.2 Å². The molecule has 0 aliphatic carbocycles. The van der Waals surface area contributed by atoms with Crippen molar-refractivity contribution in [3.63, 3.8) is 0 Å². The van der Waals surface area contributed by atoms with E-state index in [9.17, 15) is 4.79 Å². The van der Waals surface area contributed by atoms with Crippen molar-refractivity contribution in [2.24, 2.45) is 5.73 Å². The van der Waals surface area contributed by atoms with Crippen molar-refractivity contribution in [3.8, 4) is 11.8 Å². The van der Waals surface area contributed by atoms with E-state index < -0.39 is 0 Å². The van der Waals surface area contributed by atoms with Crippen LogP contribution in [-0.4, -0.2) is 25.1 Å². The normalized spacial score (nSPS) is 11.4. The Morgan fingerprint density at radius 1 is 1.25 bits per heavy atom. The van der Waals surface area contributed by atoms with Crippen molar-refractivity contribution in [2.45, 2.75) is 13.0 Å². The summed E-state index contributed by atoms with van der Waals surface area (Å²) in [6.07, 6.45) is 0. The van der Waals surface area contributed by atoms with Crippen LogP contribution in [-0.2, 0) is 4.79 Å². The molecule has 0 spiro atoms. The van der Waals surface area contributed by atoms with Crippen LogP contribution in [0.15, 0.2) is 48.5 Å². The summed E-state index contributed by atoms with van der Waals surface area (Å²) in [7, 11) is 0. The molecule has 1 amide bonds. The van der Waals surface area contributed by atoms with Crippen LogP contribution >= 0.6 is 11.6 Å². The van der Waals surface area contributed by atoms with Gasteiger partial charge in [-0.15, -0.1) is 0 Å². The predicted octanol–water partition coefficient (Wildman–Crippen LogP) is 2.97. The number of nitrogens with two attached hydrogens (primary N) is 1. The molecule has 2 rings (SSSR count). The van der Waals surface area contributed by atoms with Crippen LogP contribution in [0.2, 0.25) is 5.02 Å². The van der Waals surface area contributed by atoms with Crippen LogP contribution in [0.25, 0.3) is 0 Å². The fourth-order valence-electron chi connectivity index (χ4n) is 2.26. The number of amides is 1. The minimum absolute atomic E-state index is 0.0934. The highest BCUT2D eigenvalue weighted by Crippen LogP contribution is 2.21. The van der Waals surface area contributed by atoms with E-state index in [1.165, 1.54) is 0 Å². The number of halogens is 1. The Bertz CT molecular complexity index is 723. The number of anilines is 1. The van der Waals surface area contributed by atoms with Gasteiger partial charge in [0.25, 0.3) is 0 Å². The van der Waals surface area contributed by atoms with Crippen molar-refractivity contribution in [1.82, 2.24) is 0 Å². The van der Waals surface area contributed by atoms with E-state index in [-0.39, 0.29) is 18.5 Å². The van der Waals surface area contributed by atoms with Gasteiger partial charge in [-0.05, 0) is 55.5 Å². The van der Waals surface area contributed by atoms with E-state index in [1.54, 1.807) is 53.4 Å². The number of carbonyl (C=O) groups excluding carboxylic acids is 1. The summed E-state index contributed by atoms with van der Waals surface area (Å²) >= 11 is 5.90. The van der Waals surface area contributed by atoms with Gasteiger partial charge >= 0.3 is 0 Å². The highest BCUT2D eigenvalue weighted by molar-refractivity contribution is 6.30. The highest BCUT2D eigenvalue weighted by Gasteiger charge is 2.21. The van der Waals surface area contributed by atoms with Gasteiger partial charge in [0.05, 0.1) is 24.2 Å². The van der Waals surface area contributed by atoms with Crippen LogP contribution < -0.4 is 15.4 Å². The first-order valence-corrected chi connectivity index (χ1v) is 7.83. The fourth-order valence-corrected chi connectivity index (χ4v) is 2.39. The van der Waals surface area contributed by atoms with E-state index in [0.29, 0.717) is 28.6 Å². The van der Waals surface area contributed by atoms with Crippen LogP contribution in [0.3, 0.4) is 0 Å². The third-order valence-electron chi connectivity index (χ3n) is 3.46. The molecule has 0 heterocycles. The zero-order valence-corrected chi connectivity index (χ0v) is 14.0.